The van der Waals surface area contributed by atoms with Crippen molar-refractivity contribution in [3.05, 3.63) is 0 Å². The van der Waals surface area contributed by atoms with Gasteiger partial charge in [0.25, 0.3) is 0 Å². The monoisotopic (exact) mass is 278 g/mol. The van der Waals surface area contributed by atoms with Gasteiger partial charge in [0.2, 0.25) is 5.91 Å². The minimum absolute atomic E-state index is 0.0692. The molecule has 1 N–H and O–H groups in total. The topological polar surface area (TPSA) is 66.5 Å². The molecule has 0 unspecified atom stereocenters. The van der Waals surface area contributed by atoms with Gasteiger partial charge in [-0.15, -0.1) is 0 Å². The Bertz CT molecular complexity index is 335. The smallest absolute Gasteiger partial charge is 0.237 e. The van der Waals surface area contributed by atoms with Gasteiger partial charge in [0, 0.05) is 19.1 Å². The van der Waals surface area contributed by atoms with Crippen molar-refractivity contribution in [3.63, 3.8) is 0 Å². The molecule has 0 bridgehead atoms. The minimum atomic E-state index is -3.28. The highest BCUT2D eigenvalue weighted by Gasteiger charge is 2.19. The van der Waals surface area contributed by atoms with E-state index < -0.39 is 9.84 Å². The Balaban J connectivity index is 4.11. The van der Waals surface area contributed by atoms with Crippen LogP contribution in [0.3, 0.4) is 0 Å². The quantitative estimate of drug-likeness (QED) is 0.629. The van der Waals surface area contributed by atoms with Crippen molar-refractivity contribution in [3.8, 4) is 0 Å². The number of sulfone groups is 1. The Morgan fingerprint density at radius 2 is 1.78 bits per heavy atom. The van der Waals surface area contributed by atoms with E-state index in [0.29, 0.717) is 32.1 Å². The number of carbonyl (C=O) groups excluding carboxylic acids is 1. The summed E-state index contributed by atoms with van der Waals surface area (Å²) < 4.78 is 23.5. The summed E-state index contributed by atoms with van der Waals surface area (Å²) in [6.07, 6.45) is 0.548. The van der Waals surface area contributed by atoms with E-state index in [1.54, 1.807) is 4.90 Å². The van der Waals surface area contributed by atoms with Gasteiger partial charge in [-0.05, 0) is 26.8 Å². The molecule has 0 aromatic carbocycles. The van der Waals surface area contributed by atoms with Crippen LogP contribution in [0, 0.1) is 0 Å². The Hall–Kier alpha value is -0.620. The van der Waals surface area contributed by atoms with Crippen LogP contribution in [0.5, 0.6) is 0 Å². The van der Waals surface area contributed by atoms with Crippen LogP contribution in [-0.4, -0.2) is 56.4 Å². The average molecular weight is 278 g/mol. The minimum Gasteiger partial charge on any atom is -0.342 e. The van der Waals surface area contributed by atoms with E-state index in [-0.39, 0.29) is 17.4 Å². The largest absolute Gasteiger partial charge is 0.342 e. The molecule has 0 saturated heterocycles. The van der Waals surface area contributed by atoms with E-state index in [9.17, 15) is 13.2 Å². The van der Waals surface area contributed by atoms with E-state index in [4.69, 9.17) is 0 Å². The fourth-order valence-corrected chi connectivity index (χ4v) is 2.90. The molecule has 0 radical (unpaired) electrons. The first-order valence-electron chi connectivity index (χ1n) is 6.54. The van der Waals surface area contributed by atoms with Crippen molar-refractivity contribution in [2.24, 2.45) is 0 Å². The molecule has 108 valence electrons. The summed E-state index contributed by atoms with van der Waals surface area (Å²) in [6.45, 7) is 9.49. The number of rotatable bonds is 9. The normalized spacial score (nSPS) is 11.8. The molecule has 0 rings (SSSR count). The molecule has 0 fully saturated rings. The molecule has 0 aliphatic heterocycles. The fourth-order valence-electron chi connectivity index (χ4n) is 1.61. The van der Waals surface area contributed by atoms with Crippen LogP contribution in [0.1, 0.15) is 34.1 Å². The predicted molar refractivity (Wildman–Crippen MR) is 74.3 cm³/mol. The molecular weight excluding hydrogens is 252 g/mol. The molecule has 5 nitrogen and oxygen atoms in total. The summed E-state index contributed by atoms with van der Waals surface area (Å²) in [5.41, 5.74) is 0. The molecule has 0 saturated carbocycles. The van der Waals surface area contributed by atoms with Crippen LogP contribution in [0.2, 0.25) is 0 Å². The molecule has 18 heavy (non-hydrogen) atoms. The highest BCUT2D eigenvalue weighted by molar-refractivity contribution is 7.92. The van der Waals surface area contributed by atoms with E-state index in [0.717, 1.165) is 0 Å². The zero-order chi connectivity index (χ0) is 14.2. The van der Waals surface area contributed by atoms with Gasteiger partial charge >= 0.3 is 0 Å². The maximum absolute atomic E-state index is 11.7. The van der Waals surface area contributed by atoms with Crippen LogP contribution in [0.15, 0.2) is 0 Å². The van der Waals surface area contributed by atoms with Gasteiger partial charge < -0.3 is 10.2 Å². The van der Waals surface area contributed by atoms with Crippen LogP contribution in [0.4, 0.5) is 0 Å². The summed E-state index contributed by atoms with van der Waals surface area (Å²) in [5.74, 6) is -0.590. The molecule has 6 heteroatoms. The van der Waals surface area contributed by atoms with Crippen molar-refractivity contribution in [2.45, 2.75) is 40.2 Å². The molecule has 0 aromatic heterocycles. The van der Waals surface area contributed by atoms with Gasteiger partial charge in [0.15, 0.2) is 9.84 Å². The van der Waals surface area contributed by atoms with Crippen molar-refractivity contribution < 1.29 is 13.2 Å². The summed E-state index contributed by atoms with van der Waals surface area (Å²) in [4.78, 5) is 13.2. The Morgan fingerprint density at radius 1 is 1.22 bits per heavy atom. The molecule has 0 atom stereocenters. The average Bonchev–Trinajstić information content (AvgIpc) is 2.25. The molecule has 0 aromatic rings. The molecule has 0 aliphatic carbocycles. The lowest BCUT2D eigenvalue weighted by molar-refractivity contribution is -0.128. The van der Waals surface area contributed by atoms with E-state index in [1.165, 1.54) is 0 Å². The first-order valence-corrected chi connectivity index (χ1v) is 8.36. The number of hydrogen-bond donors (Lipinski definition) is 1. The predicted octanol–water partition coefficient (Wildman–Crippen LogP) is 0.658. The van der Waals surface area contributed by atoms with Gasteiger partial charge in [0.05, 0.1) is 5.75 Å². The lowest BCUT2D eigenvalue weighted by Gasteiger charge is -2.18. The maximum Gasteiger partial charge on any atom is 0.237 e. The second-order valence-electron chi connectivity index (χ2n) is 4.62. The number of nitrogens with one attached hydrogen (secondary N) is 1. The van der Waals surface area contributed by atoms with Gasteiger partial charge in [0.1, 0.15) is 5.75 Å². The standard InChI is InChI=1S/C12H26N2O3S/c1-5-14(6-2)12(15)10-18(16,17)9-7-8-13-11(3)4/h11,13H,5-10H2,1-4H3. The van der Waals surface area contributed by atoms with Crippen LogP contribution in [-0.2, 0) is 14.6 Å². The lowest BCUT2D eigenvalue weighted by Crippen LogP contribution is -2.36. The number of carbonyl (C=O) groups is 1. The highest BCUT2D eigenvalue weighted by Crippen LogP contribution is 1.98. The van der Waals surface area contributed by atoms with Gasteiger partial charge in [-0.2, -0.15) is 0 Å². The van der Waals surface area contributed by atoms with Gasteiger partial charge in [-0.3, -0.25) is 4.79 Å². The molecule has 0 heterocycles. The van der Waals surface area contributed by atoms with Crippen molar-refractivity contribution in [1.29, 1.82) is 0 Å². The second-order valence-corrected chi connectivity index (χ2v) is 6.80. The van der Waals surface area contributed by atoms with Crippen LogP contribution in [0.25, 0.3) is 0 Å². The molecular formula is C12H26N2O3S. The third kappa shape index (κ3) is 7.66. The molecule has 0 aliphatic rings. The first kappa shape index (κ1) is 17.4. The Labute approximate surface area is 111 Å². The van der Waals surface area contributed by atoms with Gasteiger partial charge in [-0.25, -0.2) is 8.42 Å². The number of hydrogen-bond acceptors (Lipinski definition) is 4. The van der Waals surface area contributed by atoms with Crippen LogP contribution < -0.4 is 5.32 Å². The van der Waals surface area contributed by atoms with E-state index >= 15 is 0 Å². The van der Waals surface area contributed by atoms with Crippen LogP contribution >= 0.6 is 0 Å². The third-order valence-corrected chi connectivity index (χ3v) is 4.24. The summed E-state index contributed by atoms with van der Waals surface area (Å²) in [6, 6.07) is 0.352. The number of nitrogens with zero attached hydrogens (tertiary/aromatic N) is 1. The molecule has 0 spiro atoms. The molecule has 1 amide bonds. The second kappa shape index (κ2) is 8.48. The third-order valence-electron chi connectivity index (χ3n) is 2.64. The number of amides is 1. The SMILES string of the molecule is CCN(CC)C(=O)CS(=O)(=O)CCCNC(C)C. The zero-order valence-corrected chi connectivity index (χ0v) is 12.7. The first-order chi connectivity index (χ1) is 8.32. The van der Waals surface area contributed by atoms with E-state index in [1.807, 2.05) is 27.7 Å². The fraction of sp³-hybridized carbons (Fsp3) is 0.917. The van der Waals surface area contributed by atoms with Crippen molar-refractivity contribution >= 4 is 15.7 Å². The van der Waals surface area contributed by atoms with Crippen molar-refractivity contribution in [2.75, 3.05) is 31.1 Å². The summed E-state index contributed by atoms with van der Waals surface area (Å²) >= 11 is 0. The summed E-state index contributed by atoms with van der Waals surface area (Å²) in [7, 11) is -3.28. The lowest BCUT2D eigenvalue weighted by atomic mass is 10.4. The Morgan fingerprint density at radius 3 is 2.22 bits per heavy atom. The maximum atomic E-state index is 11.7. The highest BCUT2D eigenvalue weighted by atomic mass is 32.2. The van der Waals surface area contributed by atoms with Gasteiger partial charge in [-0.1, -0.05) is 13.8 Å². The summed E-state index contributed by atoms with van der Waals surface area (Å²) in [5, 5.41) is 3.16. The van der Waals surface area contributed by atoms with E-state index in [2.05, 4.69) is 5.32 Å². The van der Waals surface area contributed by atoms with Crippen molar-refractivity contribution in [1.82, 2.24) is 10.2 Å². The Kier molecular flexibility index (Phi) is 8.18. The zero-order valence-electron chi connectivity index (χ0n) is 11.9.